The van der Waals surface area contributed by atoms with E-state index in [4.69, 9.17) is 10.2 Å². The lowest BCUT2D eigenvalue weighted by Gasteiger charge is -2.01. The number of rotatable bonds is 5. The second kappa shape index (κ2) is 4.95. The third-order valence-corrected chi connectivity index (χ3v) is 1.81. The minimum Gasteiger partial charge on any atom is -0.468 e. The van der Waals surface area contributed by atoms with Gasteiger partial charge in [-0.15, -0.1) is 0 Å². The average molecular weight is 168 g/mol. The van der Waals surface area contributed by atoms with E-state index >= 15 is 0 Å². The fourth-order valence-corrected chi connectivity index (χ4v) is 1.01. The largest absolute Gasteiger partial charge is 0.468 e. The van der Waals surface area contributed by atoms with Crippen molar-refractivity contribution in [3.8, 4) is 0 Å². The van der Waals surface area contributed by atoms with Gasteiger partial charge in [0.1, 0.15) is 5.76 Å². The standard InChI is InChI=1S/C9H16N2O/c1-8-3-6-12-9(8)7-11-5-2-4-10/h3,6,11H,2,4-5,7,10H2,1H3. The molecule has 3 heteroatoms. The van der Waals surface area contributed by atoms with Crippen molar-refractivity contribution in [2.24, 2.45) is 5.73 Å². The van der Waals surface area contributed by atoms with Crippen LogP contribution in [0.4, 0.5) is 0 Å². The lowest BCUT2D eigenvalue weighted by atomic mass is 10.3. The molecule has 12 heavy (non-hydrogen) atoms. The lowest BCUT2D eigenvalue weighted by Crippen LogP contribution is -2.17. The molecule has 0 amide bonds. The SMILES string of the molecule is Cc1ccoc1CNCCCN. The molecule has 1 rings (SSSR count). The van der Waals surface area contributed by atoms with Gasteiger partial charge < -0.3 is 15.5 Å². The highest BCUT2D eigenvalue weighted by molar-refractivity contribution is 5.13. The zero-order chi connectivity index (χ0) is 8.81. The summed E-state index contributed by atoms with van der Waals surface area (Å²) >= 11 is 0. The summed E-state index contributed by atoms with van der Waals surface area (Å²) in [4.78, 5) is 0. The highest BCUT2D eigenvalue weighted by atomic mass is 16.3. The Morgan fingerprint density at radius 1 is 1.58 bits per heavy atom. The summed E-state index contributed by atoms with van der Waals surface area (Å²) in [7, 11) is 0. The van der Waals surface area contributed by atoms with E-state index in [0.717, 1.165) is 31.8 Å². The summed E-state index contributed by atoms with van der Waals surface area (Å²) in [5, 5.41) is 3.26. The number of hydrogen-bond acceptors (Lipinski definition) is 3. The molecule has 1 aromatic rings. The Balaban J connectivity index is 2.20. The molecule has 3 nitrogen and oxygen atoms in total. The van der Waals surface area contributed by atoms with Crippen LogP contribution in [-0.2, 0) is 6.54 Å². The van der Waals surface area contributed by atoms with Crippen LogP contribution in [0.5, 0.6) is 0 Å². The van der Waals surface area contributed by atoms with Gasteiger partial charge in [-0.05, 0) is 38.1 Å². The normalized spacial score (nSPS) is 10.5. The molecule has 0 fully saturated rings. The van der Waals surface area contributed by atoms with E-state index in [1.807, 2.05) is 13.0 Å². The van der Waals surface area contributed by atoms with Gasteiger partial charge in [0.2, 0.25) is 0 Å². The van der Waals surface area contributed by atoms with Crippen LogP contribution in [0.1, 0.15) is 17.7 Å². The van der Waals surface area contributed by atoms with Crippen LogP contribution < -0.4 is 11.1 Å². The van der Waals surface area contributed by atoms with Gasteiger partial charge in [-0.1, -0.05) is 0 Å². The van der Waals surface area contributed by atoms with E-state index in [-0.39, 0.29) is 0 Å². The maximum atomic E-state index is 5.35. The van der Waals surface area contributed by atoms with Crippen LogP contribution in [0.3, 0.4) is 0 Å². The molecule has 0 radical (unpaired) electrons. The van der Waals surface area contributed by atoms with Crippen molar-refractivity contribution < 1.29 is 4.42 Å². The highest BCUT2D eigenvalue weighted by Crippen LogP contribution is 2.07. The second-order valence-electron chi connectivity index (χ2n) is 2.85. The van der Waals surface area contributed by atoms with Crippen molar-refractivity contribution in [1.82, 2.24) is 5.32 Å². The summed E-state index contributed by atoms with van der Waals surface area (Å²) in [6, 6.07) is 1.97. The number of hydrogen-bond donors (Lipinski definition) is 2. The molecule has 0 saturated carbocycles. The van der Waals surface area contributed by atoms with E-state index in [0.29, 0.717) is 0 Å². The quantitative estimate of drug-likeness (QED) is 0.645. The van der Waals surface area contributed by atoms with Gasteiger partial charge >= 0.3 is 0 Å². The maximum Gasteiger partial charge on any atom is 0.120 e. The first kappa shape index (κ1) is 9.29. The summed E-state index contributed by atoms with van der Waals surface area (Å²) in [5.74, 6) is 1.02. The number of nitrogens with one attached hydrogen (secondary N) is 1. The van der Waals surface area contributed by atoms with Crippen molar-refractivity contribution in [3.05, 3.63) is 23.7 Å². The minimum atomic E-state index is 0.740. The Kier molecular flexibility index (Phi) is 3.84. The second-order valence-corrected chi connectivity index (χ2v) is 2.85. The van der Waals surface area contributed by atoms with Gasteiger partial charge in [0.05, 0.1) is 12.8 Å². The molecule has 0 aliphatic carbocycles. The average Bonchev–Trinajstić information content (AvgIpc) is 2.46. The number of nitrogens with two attached hydrogens (primary N) is 1. The Labute approximate surface area is 72.9 Å². The van der Waals surface area contributed by atoms with Crippen LogP contribution in [0.2, 0.25) is 0 Å². The van der Waals surface area contributed by atoms with Crippen LogP contribution >= 0.6 is 0 Å². The molecule has 0 spiro atoms. The molecule has 0 aliphatic heterocycles. The molecule has 0 unspecified atom stereocenters. The first-order valence-electron chi connectivity index (χ1n) is 4.28. The Morgan fingerprint density at radius 2 is 2.42 bits per heavy atom. The molecule has 1 aromatic heterocycles. The van der Waals surface area contributed by atoms with Crippen molar-refractivity contribution in [2.75, 3.05) is 13.1 Å². The van der Waals surface area contributed by atoms with Gasteiger partial charge in [0.15, 0.2) is 0 Å². The summed E-state index contributed by atoms with van der Waals surface area (Å²) in [5.41, 5.74) is 6.56. The monoisotopic (exact) mass is 168 g/mol. The predicted octanol–water partition coefficient (Wildman–Crippen LogP) is 1.03. The number of furan rings is 1. The summed E-state index contributed by atoms with van der Waals surface area (Å²) in [6.07, 6.45) is 2.73. The minimum absolute atomic E-state index is 0.740. The maximum absolute atomic E-state index is 5.35. The predicted molar refractivity (Wildman–Crippen MR) is 48.8 cm³/mol. The molecule has 0 saturated heterocycles. The molecule has 0 aromatic carbocycles. The summed E-state index contributed by atoms with van der Waals surface area (Å²) in [6.45, 7) is 4.54. The van der Waals surface area contributed by atoms with Crippen LogP contribution in [0.15, 0.2) is 16.7 Å². The first-order chi connectivity index (χ1) is 5.84. The zero-order valence-electron chi connectivity index (χ0n) is 7.47. The van der Waals surface area contributed by atoms with Gasteiger partial charge in [-0.2, -0.15) is 0 Å². The topological polar surface area (TPSA) is 51.2 Å². The van der Waals surface area contributed by atoms with E-state index in [1.54, 1.807) is 6.26 Å². The van der Waals surface area contributed by atoms with E-state index < -0.39 is 0 Å². The molecule has 0 aliphatic rings. The first-order valence-corrected chi connectivity index (χ1v) is 4.28. The van der Waals surface area contributed by atoms with Gasteiger partial charge in [0.25, 0.3) is 0 Å². The van der Waals surface area contributed by atoms with Crippen LogP contribution in [0, 0.1) is 6.92 Å². The molecular weight excluding hydrogens is 152 g/mol. The lowest BCUT2D eigenvalue weighted by molar-refractivity contribution is 0.479. The fourth-order valence-electron chi connectivity index (χ4n) is 1.01. The van der Waals surface area contributed by atoms with E-state index in [9.17, 15) is 0 Å². The van der Waals surface area contributed by atoms with Crippen molar-refractivity contribution in [1.29, 1.82) is 0 Å². The van der Waals surface area contributed by atoms with Crippen molar-refractivity contribution in [3.63, 3.8) is 0 Å². The molecule has 3 N–H and O–H groups in total. The highest BCUT2D eigenvalue weighted by Gasteiger charge is 1.99. The molecule has 1 heterocycles. The van der Waals surface area contributed by atoms with E-state index in [2.05, 4.69) is 5.32 Å². The number of aryl methyl sites for hydroxylation is 1. The molecule has 0 atom stereocenters. The van der Waals surface area contributed by atoms with E-state index in [1.165, 1.54) is 5.56 Å². The van der Waals surface area contributed by atoms with Crippen LogP contribution in [0.25, 0.3) is 0 Å². The van der Waals surface area contributed by atoms with Crippen molar-refractivity contribution >= 4 is 0 Å². The Hall–Kier alpha value is -0.800. The van der Waals surface area contributed by atoms with Gasteiger partial charge in [-0.3, -0.25) is 0 Å². The molecular formula is C9H16N2O. The Bertz CT molecular complexity index is 220. The molecule has 0 bridgehead atoms. The van der Waals surface area contributed by atoms with Crippen LogP contribution in [-0.4, -0.2) is 13.1 Å². The zero-order valence-corrected chi connectivity index (χ0v) is 7.47. The van der Waals surface area contributed by atoms with Gasteiger partial charge in [-0.25, -0.2) is 0 Å². The Morgan fingerprint density at radius 3 is 3.00 bits per heavy atom. The fraction of sp³-hybridized carbons (Fsp3) is 0.556. The molecule has 68 valence electrons. The smallest absolute Gasteiger partial charge is 0.120 e. The van der Waals surface area contributed by atoms with Crippen molar-refractivity contribution in [2.45, 2.75) is 19.9 Å². The van der Waals surface area contributed by atoms with Gasteiger partial charge in [0, 0.05) is 0 Å². The summed E-state index contributed by atoms with van der Waals surface area (Å²) < 4.78 is 5.25. The third kappa shape index (κ3) is 2.68. The third-order valence-electron chi connectivity index (χ3n) is 1.81.